The summed E-state index contributed by atoms with van der Waals surface area (Å²) < 4.78 is 6.61. The number of thiophene rings is 1. The second-order valence-corrected chi connectivity index (χ2v) is 7.05. The normalized spacial score (nSPS) is 12.4. The molecule has 4 heteroatoms. The Morgan fingerprint density at radius 2 is 2.11 bits per heavy atom. The number of likely N-dealkylation sites (N-methyl/N-ethyl adjacent to an activating group) is 1. The monoisotopic (exact) mass is 339 g/mol. The maximum absolute atomic E-state index is 5.43. The van der Waals surface area contributed by atoms with Crippen molar-refractivity contribution in [2.75, 3.05) is 14.2 Å². The molecular formula is C15H18BrNOS. The van der Waals surface area contributed by atoms with Crippen molar-refractivity contribution < 1.29 is 4.74 Å². The van der Waals surface area contributed by atoms with Crippen molar-refractivity contribution in [3.63, 3.8) is 0 Å². The number of halogens is 1. The zero-order chi connectivity index (χ0) is 13.8. The number of hydrogen-bond donors (Lipinski definition) is 1. The SMILES string of the molecule is CNC(Cc1ccccc1OC)c1cc(Br)sc1C. The highest BCUT2D eigenvalue weighted by molar-refractivity contribution is 9.11. The minimum absolute atomic E-state index is 0.304. The first-order chi connectivity index (χ1) is 9.15. The van der Waals surface area contributed by atoms with Crippen molar-refractivity contribution in [3.8, 4) is 5.75 Å². The molecule has 1 aromatic carbocycles. The summed E-state index contributed by atoms with van der Waals surface area (Å²) in [5.74, 6) is 0.953. The minimum atomic E-state index is 0.304. The standard InChI is InChI=1S/C15H18BrNOS/c1-10-12(9-15(16)19-10)13(17-2)8-11-6-4-5-7-14(11)18-3/h4-7,9,13,17H,8H2,1-3H3. The van der Waals surface area contributed by atoms with Crippen LogP contribution < -0.4 is 10.1 Å². The first-order valence-corrected chi connectivity index (χ1v) is 7.81. The Kier molecular flexibility index (Phi) is 5.02. The quantitative estimate of drug-likeness (QED) is 0.875. The summed E-state index contributed by atoms with van der Waals surface area (Å²) in [6.45, 7) is 2.16. The van der Waals surface area contributed by atoms with Crippen LogP contribution in [0.4, 0.5) is 0 Å². The molecule has 0 bridgehead atoms. The summed E-state index contributed by atoms with van der Waals surface area (Å²) in [4.78, 5) is 1.35. The van der Waals surface area contributed by atoms with Gasteiger partial charge in [-0.2, -0.15) is 0 Å². The number of benzene rings is 1. The second kappa shape index (κ2) is 6.55. The molecule has 2 rings (SSSR count). The van der Waals surface area contributed by atoms with E-state index in [9.17, 15) is 0 Å². The van der Waals surface area contributed by atoms with Gasteiger partial charge >= 0.3 is 0 Å². The molecule has 1 unspecified atom stereocenters. The van der Waals surface area contributed by atoms with Gasteiger partial charge in [-0.25, -0.2) is 0 Å². The summed E-state index contributed by atoms with van der Waals surface area (Å²) in [6.07, 6.45) is 0.921. The zero-order valence-electron chi connectivity index (χ0n) is 11.4. The molecule has 0 aliphatic rings. The highest BCUT2D eigenvalue weighted by Gasteiger charge is 2.16. The molecule has 0 saturated carbocycles. The molecule has 0 spiro atoms. The lowest BCUT2D eigenvalue weighted by Crippen LogP contribution is -2.19. The predicted octanol–water partition coefficient (Wildman–Crippen LogP) is 4.33. The van der Waals surface area contributed by atoms with Crippen molar-refractivity contribution in [2.24, 2.45) is 0 Å². The van der Waals surface area contributed by atoms with Crippen molar-refractivity contribution in [3.05, 3.63) is 50.1 Å². The van der Waals surface area contributed by atoms with Gasteiger partial charge in [0.1, 0.15) is 5.75 Å². The van der Waals surface area contributed by atoms with E-state index < -0.39 is 0 Å². The van der Waals surface area contributed by atoms with Gasteiger partial charge in [-0.15, -0.1) is 11.3 Å². The van der Waals surface area contributed by atoms with Gasteiger partial charge in [0.15, 0.2) is 0 Å². The van der Waals surface area contributed by atoms with Crippen LogP contribution in [-0.4, -0.2) is 14.2 Å². The highest BCUT2D eigenvalue weighted by Crippen LogP contribution is 2.33. The molecule has 19 heavy (non-hydrogen) atoms. The molecular weight excluding hydrogens is 322 g/mol. The van der Waals surface area contributed by atoms with Crippen LogP contribution in [0.3, 0.4) is 0 Å². The first kappa shape index (κ1) is 14.6. The lowest BCUT2D eigenvalue weighted by molar-refractivity contribution is 0.406. The Bertz CT molecular complexity index is 553. The Hall–Kier alpha value is -0.840. The fraction of sp³-hybridized carbons (Fsp3) is 0.333. The Morgan fingerprint density at radius 3 is 2.68 bits per heavy atom. The summed E-state index contributed by atoms with van der Waals surface area (Å²) >= 11 is 5.34. The summed E-state index contributed by atoms with van der Waals surface area (Å²) in [7, 11) is 3.73. The lowest BCUT2D eigenvalue weighted by Gasteiger charge is -2.18. The first-order valence-electron chi connectivity index (χ1n) is 6.20. The van der Waals surface area contributed by atoms with Crippen LogP contribution in [0.2, 0.25) is 0 Å². The van der Waals surface area contributed by atoms with Crippen LogP contribution in [0.5, 0.6) is 5.75 Å². The van der Waals surface area contributed by atoms with E-state index in [4.69, 9.17) is 4.74 Å². The van der Waals surface area contributed by atoms with E-state index in [-0.39, 0.29) is 0 Å². The van der Waals surface area contributed by atoms with E-state index >= 15 is 0 Å². The van der Waals surface area contributed by atoms with Gasteiger partial charge < -0.3 is 10.1 Å². The number of methoxy groups -OCH3 is 1. The number of rotatable bonds is 5. The van der Waals surface area contributed by atoms with Crippen LogP contribution in [0.25, 0.3) is 0 Å². The highest BCUT2D eigenvalue weighted by atomic mass is 79.9. The largest absolute Gasteiger partial charge is 0.496 e. The number of aryl methyl sites for hydroxylation is 1. The smallest absolute Gasteiger partial charge is 0.122 e. The zero-order valence-corrected chi connectivity index (χ0v) is 13.8. The van der Waals surface area contributed by atoms with E-state index in [1.807, 2.05) is 19.2 Å². The van der Waals surface area contributed by atoms with Crippen LogP contribution in [0, 0.1) is 6.92 Å². The average molecular weight is 340 g/mol. The molecule has 0 aliphatic heterocycles. The van der Waals surface area contributed by atoms with E-state index in [2.05, 4.69) is 46.4 Å². The van der Waals surface area contributed by atoms with Crippen LogP contribution >= 0.6 is 27.3 Å². The van der Waals surface area contributed by atoms with Crippen molar-refractivity contribution in [2.45, 2.75) is 19.4 Å². The predicted molar refractivity (Wildman–Crippen MR) is 85.3 cm³/mol. The molecule has 0 radical (unpaired) electrons. The number of para-hydroxylation sites is 1. The average Bonchev–Trinajstić information content (AvgIpc) is 2.75. The van der Waals surface area contributed by atoms with Gasteiger partial charge in [-0.1, -0.05) is 18.2 Å². The molecule has 102 valence electrons. The number of hydrogen-bond acceptors (Lipinski definition) is 3. The molecule has 1 N–H and O–H groups in total. The van der Waals surface area contributed by atoms with Gasteiger partial charge in [-0.05, 0) is 59.6 Å². The molecule has 1 aromatic heterocycles. The van der Waals surface area contributed by atoms with Gasteiger partial charge in [0.2, 0.25) is 0 Å². The van der Waals surface area contributed by atoms with Gasteiger partial charge in [0.05, 0.1) is 10.9 Å². The molecule has 2 nitrogen and oxygen atoms in total. The lowest BCUT2D eigenvalue weighted by atomic mass is 9.99. The minimum Gasteiger partial charge on any atom is -0.496 e. The second-order valence-electron chi connectivity index (χ2n) is 4.42. The fourth-order valence-electron chi connectivity index (χ4n) is 2.26. The molecule has 0 amide bonds. The third-order valence-electron chi connectivity index (χ3n) is 3.27. The molecule has 2 aromatic rings. The van der Waals surface area contributed by atoms with Gasteiger partial charge in [0.25, 0.3) is 0 Å². The number of nitrogens with one attached hydrogen (secondary N) is 1. The van der Waals surface area contributed by atoms with Gasteiger partial charge in [0, 0.05) is 10.9 Å². The van der Waals surface area contributed by atoms with Gasteiger partial charge in [-0.3, -0.25) is 0 Å². The van der Waals surface area contributed by atoms with Crippen LogP contribution in [-0.2, 0) is 6.42 Å². The Balaban J connectivity index is 2.26. The molecule has 1 heterocycles. The van der Waals surface area contributed by atoms with Crippen molar-refractivity contribution in [1.29, 1.82) is 0 Å². The number of ether oxygens (including phenoxy) is 1. The Labute approximate surface area is 126 Å². The van der Waals surface area contributed by atoms with E-state index in [1.165, 1.54) is 19.8 Å². The molecule has 1 atom stereocenters. The Morgan fingerprint density at radius 1 is 1.37 bits per heavy atom. The third kappa shape index (κ3) is 3.38. The topological polar surface area (TPSA) is 21.3 Å². The van der Waals surface area contributed by atoms with E-state index in [0.717, 1.165) is 12.2 Å². The summed E-state index contributed by atoms with van der Waals surface area (Å²) in [5.41, 5.74) is 2.58. The van der Waals surface area contributed by atoms with E-state index in [0.29, 0.717) is 6.04 Å². The van der Waals surface area contributed by atoms with E-state index in [1.54, 1.807) is 18.4 Å². The fourth-order valence-corrected chi connectivity index (χ4v) is 4.04. The van der Waals surface area contributed by atoms with Crippen molar-refractivity contribution in [1.82, 2.24) is 5.32 Å². The molecule has 0 aliphatic carbocycles. The summed E-state index contributed by atoms with van der Waals surface area (Å²) in [5, 5.41) is 3.40. The molecule has 0 fully saturated rings. The maximum atomic E-state index is 5.43. The third-order valence-corrected chi connectivity index (χ3v) is 4.84. The van der Waals surface area contributed by atoms with Crippen LogP contribution in [0.15, 0.2) is 34.1 Å². The van der Waals surface area contributed by atoms with Crippen molar-refractivity contribution >= 4 is 27.3 Å². The summed E-state index contributed by atoms with van der Waals surface area (Å²) in [6, 6.07) is 10.7. The molecule has 0 saturated heterocycles. The van der Waals surface area contributed by atoms with Crippen LogP contribution in [0.1, 0.15) is 22.0 Å². The maximum Gasteiger partial charge on any atom is 0.122 e.